The summed E-state index contributed by atoms with van der Waals surface area (Å²) in [5.41, 5.74) is 7.26. The average molecular weight is 313 g/mol. The molecule has 0 spiro atoms. The minimum atomic E-state index is -3.51. The second-order valence-electron chi connectivity index (χ2n) is 5.78. The Kier molecular flexibility index (Phi) is 4.88. The van der Waals surface area contributed by atoms with E-state index in [0.717, 1.165) is 5.56 Å². The van der Waals surface area contributed by atoms with E-state index in [-0.39, 0.29) is 5.41 Å². The van der Waals surface area contributed by atoms with Gasteiger partial charge in [-0.1, -0.05) is 26.0 Å². The molecule has 7 heteroatoms. The van der Waals surface area contributed by atoms with Gasteiger partial charge in [-0.2, -0.15) is 12.7 Å². The summed E-state index contributed by atoms with van der Waals surface area (Å²) in [5.74, 6) is 0. The van der Waals surface area contributed by atoms with Gasteiger partial charge < -0.3 is 10.5 Å². The number of morpholine rings is 1. The highest BCUT2D eigenvalue weighted by Gasteiger charge is 2.24. The fourth-order valence-corrected chi connectivity index (χ4v) is 3.30. The molecular weight excluding hydrogens is 290 g/mol. The van der Waals surface area contributed by atoms with Crippen molar-refractivity contribution in [1.82, 2.24) is 4.31 Å². The van der Waals surface area contributed by atoms with Gasteiger partial charge in [0, 0.05) is 30.7 Å². The van der Waals surface area contributed by atoms with Crippen LogP contribution in [0, 0.1) is 0 Å². The van der Waals surface area contributed by atoms with Gasteiger partial charge in [0.1, 0.15) is 0 Å². The smallest absolute Gasteiger partial charge is 0.301 e. The number of nitrogens with one attached hydrogen (secondary N) is 1. The second-order valence-corrected chi connectivity index (χ2v) is 7.45. The zero-order valence-corrected chi connectivity index (χ0v) is 13.3. The molecule has 1 fully saturated rings. The molecular formula is C14H23N3O3S. The Hall–Kier alpha value is -1.15. The van der Waals surface area contributed by atoms with Crippen LogP contribution in [0.15, 0.2) is 24.3 Å². The van der Waals surface area contributed by atoms with Crippen molar-refractivity contribution in [2.75, 3.05) is 37.6 Å². The molecule has 1 heterocycles. The number of ether oxygens (including phenoxy) is 1. The Morgan fingerprint density at radius 1 is 1.24 bits per heavy atom. The molecule has 0 aliphatic carbocycles. The first kappa shape index (κ1) is 16.2. The molecule has 1 aromatic carbocycles. The number of hydrogen-bond acceptors (Lipinski definition) is 4. The Balaban J connectivity index is 2.09. The molecule has 1 saturated heterocycles. The number of nitrogens with zero attached hydrogens (tertiary/aromatic N) is 1. The van der Waals surface area contributed by atoms with Crippen molar-refractivity contribution < 1.29 is 13.2 Å². The molecule has 0 radical (unpaired) electrons. The van der Waals surface area contributed by atoms with Crippen LogP contribution >= 0.6 is 0 Å². The summed E-state index contributed by atoms with van der Waals surface area (Å²) < 4.78 is 33.6. The van der Waals surface area contributed by atoms with Crippen molar-refractivity contribution in [3.63, 3.8) is 0 Å². The highest BCUT2D eigenvalue weighted by molar-refractivity contribution is 7.90. The summed E-state index contributed by atoms with van der Waals surface area (Å²) in [4.78, 5) is 0. The van der Waals surface area contributed by atoms with Crippen LogP contribution in [0.4, 0.5) is 5.69 Å². The molecule has 0 bridgehead atoms. The number of anilines is 1. The van der Waals surface area contributed by atoms with Crippen molar-refractivity contribution in [3.05, 3.63) is 29.8 Å². The van der Waals surface area contributed by atoms with Gasteiger partial charge in [0.2, 0.25) is 0 Å². The van der Waals surface area contributed by atoms with Gasteiger partial charge in [-0.05, 0) is 17.7 Å². The van der Waals surface area contributed by atoms with Gasteiger partial charge >= 0.3 is 10.2 Å². The normalized spacial score (nSPS) is 17.7. The lowest BCUT2D eigenvalue weighted by Gasteiger charge is -2.27. The molecule has 2 rings (SSSR count). The molecule has 0 saturated carbocycles. The van der Waals surface area contributed by atoms with E-state index in [0.29, 0.717) is 38.5 Å². The van der Waals surface area contributed by atoms with E-state index in [1.54, 1.807) is 12.1 Å². The number of benzene rings is 1. The molecule has 21 heavy (non-hydrogen) atoms. The average Bonchev–Trinajstić information content (AvgIpc) is 2.48. The summed E-state index contributed by atoms with van der Waals surface area (Å²) in [6.45, 7) is 6.28. The first-order chi connectivity index (χ1) is 9.85. The molecule has 118 valence electrons. The van der Waals surface area contributed by atoms with E-state index < -0.39 is 10.2 Å². The first-order valence-electron chi connectivity index (χ1n) is 7.01. The minimum absolute atomic E-state index is 0.123. The maximum Gasteiger partial charge on any atom is 0.301 e. The van der Waals surface area contributed by atoms with E-state index in [4.69, 9.17) is 10.5 Å². The maximum absolute atomic E-state index is 12.2. The van der Waals surface area contributed by atoms with Crippen LogP contribution in [0.3, 0.4) is 0 Å². The monoisotopic (exact) mass is 313 g/mol. The lowest BCUT2D eigenvalue weighted by molar-refractivity contribution is 0.0733. The molecule has 1 aliphatic heterocycles. The zero-order chi connectivity index (χ0) is 15.5. The molecule has 0 aromatic heterocycles. The predicted molar refractivity (Wildman–Crippen MR) is 83.5 cm³/mol. The van der Waals surface area contributed by atoms with E-state index in [2.05, 4.69) is 18.6 Å². The van der Waals surface area contributed by atoms with Crippen LogP contribution in [0.5, 0.6) is 0 Å². The van der Waals surface area contributed by atoms with Crippen LogP contribution < -0.4 is 10.5 Å². The highest BCUT2D eigenvalue weighted by atomic mass is 32.2. The van der Waals surface area contributed by atoms with Gasteiger partial charge in [-0.25, -0.2) is 0 Å². The maximum atomic E-state index is 12.2. The quantitative estimate of drug-likeness (QED) is 0.846. The summed E-state index contributed by atoms with van der Waals surface area (Å²) in [7, 11) is -3.51. The van der Waals surface area contributed by atoms with Crippen molar-refractivity contribution in [3.8, 4) is 0 Å². The lowest BCUT2D eigenvalue weighted by Crippen LogP contribution is -2.43. The van der Waals surface area contributed by atoms with Gasteiger partial charge in [-0.3, -0.25) is 4.72 Å². The highest BCUT2D eigenvalue weighted by Crippen LogP contribution is 2.23. The molecule has 3 N–H and O–H groups in total. The van der Waals surface area contributed by atoms with E-state index in [1.165, 1.54) is 4.31 Å². The predicted octanol–water partition coefficient (Wildman–Crippen LogP) is 0.912. The fraction of sp³-hybridized carbons (Fsp3) is 0.571. The molecule has 0 unspecified atom stereocenters. The largest absolute Gasteiger partial charge is 0.379 e. The molecule has 0 atom stereocenters. The van der Waals surface area contributed by atoms with Crippen LogP contribution in [0.25, 0.3) is 0 Å². The third-order valence-electron chi connectivity index (χ3n) is 3.73. The van der Waals surface area contributed by atoms with Crippen LogP contribution in [0.2, 0.25) is 0 Å². The summed E-state index contributed by atoms with van der Waals surface area (Å²) in [5, 5.41) is 0. The summed E-state index contributed by atoms with van der Waals surface area (Å²) in [6.07, 6.45) is 0. The lowest BCUT2D eigenvalue weighted by atomic mass is 9.85. The Labute approximate surface area is 126 Å². The molecule has 0 amide bonds. The van der Waals surface area contributed by atoms with Gasteiger partial charge in [0.05, 0.1) is 13.2 Å². The van der Waals surface area contributed by atoms with Gasteiger partial charge in [0.15, 0.2) is 0 Å². The third-order valence-corrected chi connectivity index (χ3v) is 5.27. The van der Waals surface area contributed by atoms with E-state index >= 15 is 0 Å². The SMILES string of the molecule is CC(C)(CN)c1ccc(NS(=O)(=O)N2CCOCC2)cc1. The standard InChI is InChI=1S/C14H23N3O3S/c1-14(2,11-15)12-3-5-13(6-4-12)16-21(18,19)17-7-9-20-10-8-17/h3-6,16H,7-11,15H2,1-2H3. The van der Waals surface area contributed by atoms with Crippen molar-refractivity contribution >= 4 is 15.9 Å². The minimum Gasteiger partial charge on any atom is -0.379 e. The van der Waals surface area contributed by atoms with E-state index in [1.807, 2.05) is 12.1 Å². The zero-order valence-electron chi connectivity index (χ0n) is 12.5. The number of rotatable bonds is 5. The van der Waals surface area contributed by atoms with Gasteiger partial charge in [0.25, 0.3) is 0 Å². The second kappa shape index (κ2) is 6.31. The van der Waals surface area contributed by atoms with Crippen molar-refractivity contribution in [2.45, 2.75) is 19.3 Å². The van der Waals surface area contributed by atoms with Crippen LogP contribution in [0.1, 0.15) is 19.4 Å². The Bertz CT molecular complexity index is 564. The number of hydrogen-bond donors (Lipinski definition) is 2. The Morgan fingerprint density at radius 2 is 1.81 bits per heavy atom. The first-order valence-corrected chi connectivity index (χ1v) is 8.45. The summed E-state index contributed by atoms with van der Waals surface area (Å²) in [6, 6.07) is 7.35. The fourth-order valence-electron chi connectivity index (χ4n) is 2.11. The van der Waals surface area contributed by atoms with Crippen molar-refractivity contribution in [2.24, 2.45) is 5.73 Å². The Morgan fingerprint density at radius 3 is 2.33 bits per heavy atom. The summed E-state index contributed by atoms with van der Waals surface area (Å²) >= 11 is 0. The topological polar surface area (TPSA) is 84.7 Å². The van der Waals surface area contributed by atoms with Crippen LogP contribution in [-0.2, 0) is 20.4 Å². The van der Waals surface area contributed by atoms with Crippen LogP contribution in [-0.4, -0.2) is 45.6 Å². The molecule has 1 aromatic rings. The molecule has 6 nitrogen and oxygen atoms in total. The number of nitrogens with two attached hydrogens (primary N) is 1. The third kappa shape index (κ3) is 3.94. The molecule has 1 aliphatic rings. The van der Waals surface area contributed by atoms with Crippen molar-refractivity contribution in [1.29, 1.82) is 0 Å². The van der Waals surface area contributed by atoms with E-state index in [9.17, 15) is 8.42 Å². The van der Waals surface area contributed by atoms with Gasteiger partial charge in [-0.15, -0.1) is 0 Å².